The minimum atomic E-state index is 0.589. The summed E-state index contributed by atoms with van der Waals surface area (Å²) in [5.41, 5.74) is 0. The molecule has 0 bridgehead atoms. The first-order valence-electron chi connectivity index (χ1n) is 5.39. The van der Waals surface area contributed by atoms with Gasteiger partial charge in [-0.15, -0.1) is 5.10 Å². The predicted molar refractivity (Wildman–Crippen MR) is 61.9 cm³/mol. The molecule has 0 radical (unpaired) electrons. The third-order valence-electron chi connectivity index (χ3n) is 1.78. The number of rotatable bonds is 6. The van der Waals surface area contributed by atoms with Crippen LogP contribution in [0.15, 0.2) is 6.20 Å². The highest BCUT2D eigenvalue weighted by molar-refractivity contribution is 5.36. The van der Waals surface area contributed by atoms with Crippen LogP contribution in [0.1, 0.15) is 27.2 Å². The first-order valence-corrected chi connectivity index (χ1v) is 5.39. The van der Waals surface area contributed by atoms with Gasteiger partial charge in [0.1, 0.15) is 0 Å². The molecular formula is C10H19N5. The van der Waals surface area contributed by atoms with Gasteiger partial charge < -0.3 is 10.6 Å². The van der Waals surface area contributed by atoms with Crippen molar-refractivity contribution in [1.29, 1.82) is 0 Å². The molecule has 84 valence electrons. The summed E-state index contributed by atoms with van der Waals surface area (Å²) in [6.07, 6.45) is 2.69. The van der Waals surface area contributed by atoms with Crippen LogP contribution in [0.2, 0.25) is 0 Å². The summed E-state index contributed by atoms with van der Waals surface area (Å²) in [5, 5.41) is 14.1. The Kier molecular flexibility index (Phi) is 4.80. The van der Waals surface area contributed by atoms with Crippen LogP contribution >= 0.6 is 0 Å². The van der Waals surface area contributed by atoms with E-state index in [0.29, 0.717) is 11.9 Å². The van der Waals surface area contributed by atoms with Crippen LogP contribution in [-0.2, 0) is 0 Å². The van der Waals surface area contributed by atoms with E-state index in [2.05, 4.69) is 46.6 Å². The largest absolute Gasteiger partial charge is 0.368 e. The van der Waals surface area contributed by atoms with Crippen molar-refractivity contribution in [3.63, 3.8) is 0 Å². The highest BCUT2D eigenvalue weighted by atomic mass is 15.3. The lowest BCUT2D eigenvalue weighted by Gasteiger charge is -2.08. The van der Waals surface area contributed by atoms with Crippen LogP contribution in [0.25, 0.3) is 0 Å². The molecule has 1 aromatic rings. The van der Waals surface area contributed by atoms with Crippen LogP contribution in [0.4, 0.5) is 11.8 Å². The molecule has 0 unspecified atom stereocenters. The normalized spacial score (nSPS) is 10.4. The molecule has 0 aliphatic heterocycles. The average molecular weight is 209 g/mol. The summed E-state index contributed by atoms with van der Waals surface area (Å²) in [6.45, 7) is 8.16. The molecule has 5 heteroatoms. The van der Waals surface area contributed by atoms with Gasteiger partial charge in [-0.25, -0.2) is 0 Å². The molecule has 0 aliphatic rings. The summed E-state index contributed by atoms with van der Waals surface area (Å²) in [7, 11) is 0. The second kappa shape index (κ2) is 6.16. The molecule has 15 heavy (non-hydrogen) atoms. The van der Waals surface area contributed by atoms with Crippen LogP contribution in [0.3, 0.4) is 0 Å². The maximum Gasteiger partial charge on any atom is 0.244 e. The van der Waals surface area contributed by atoms with Crippen molar-refractivity contribution in [1.82, 2.24) is 15.2 Å². The SMILES string of the molecule is CCCNc1nncc(NCC(C)C)n1. The molecule has 0 aliphatic carbocycles. The van der Waals surface area contributed by atoms with E-state index in [0.717, 1.165) is 25.3 Å². The Hall–Kier alpha value is -1.39. The molecule has 1 heterocycles. The molecule has 0 saturated heterocycles. The van der Waals surface area contributed by atoms with Gasteiger partial charge in [0.05, 0.1) is 6.20 Å². The highest BCUT2D eigenvalue weighted by Gasteiger charge is 1.99. The number of anilines is 2. The summed E-state index contributed by atoms with van der Waals surface area (Å²) in [5.74, 6) is 1.95. The Morgan fingerprint density at radius 1 is 1.33 bits per heavy atom. The van der Waals surface area contributed by atoms with Gasteiger partial charge in [0.25, 0.3) is 0 Å². The third-order valence-corrected chi connectivity index (χ3v) is 1.78. The van der Waals surface area contributed by atoms with Crippen molar-refractivity contribution < 1.29 is 0 Å². The van der Waals surface area contributed by atoms with E-state index in [1.165, 1.54) is 0 Å². The van der Waals surface area contributed by atoms with E-state index >= 15 is 0 Å². The molecule has 0 atom stereocenters. The van der Waals surface area contributed by atoms with E-state index in [1.807, 2.05) is 0 Å². The van der Waals surface area contributed by atoms with Crippen LogP contribution < -0.4 is 10.6 Å². The lowest BCUT2D eigenvalue weighted by molar-refractivity contribution is 0.686. The van der Waals surface area contributed by atoms with Crippen molar-refractivity contribution >= 4 is 11.8 Å². The van der Waals surface area contributed by atoms with Crippen LogP contribution in [-0.4, -0.2) is 28.3 Å². The third kappa shape index (κ3) is 4.58. The van der Waals surface area contributed by atoms with Crippen molar-refractivity contribution in [2.24, 2.45) is 5.92 Å². The quantitative estimate of drug-likeness (QED) is 0.747. The lowest BCUT2D eigenvalue weighted by Crippen LogP contribution is -2.12. The van der Waals surface area contributed by atoms with E-state index in [-0.39, 0.29) is 0 Å². The number of nitrogens with one attached hydrogen (secondary N) is 2. The number of nitrogens with zero attached hydrogens (tertiary/aromatic N) is 3. The molecule has 0 aromatic carbocycles. The predicted octanol–water partition coefficient (Wildman–Crippen LogP) is 1.76. The Morgan fingerprint density at radius 2 is 2.13 bits per heavy atom. The van der Waals surface area contributed by atoms with Gasteiger partial charge in [-0.2, -0.15) is 10.1 Å². The first kappa shape index (κ1) is 11.7. The summed E-state index contributed by atoms with van der Waals surface area (Å²) < 4.78 is 0. The summed E-state index contributed by atoms with van der Waals surface area (Å²) >= 11 is 0. The minimum Gasteiger partial charge on any atom is -0.368 e. The zero-order valence-electron chi connectivity index (χ0n) is 9.62. The molecule has 1 aromatic heterocycles. The molecule has 0 spiro atoms. The number of hydrogen-bond acceptors (Lipinski definition) is 5. The van der Waals surface area contributed by atoms with Crippen molar-refractivity contribution in [2.75, 3.05) is 23.7 Å². The monoisotopic (exact) mass is 209 g/mol. The van der Waals surface area contributed by atoms with E-state index < -0.39 is 0 Å². The molecular weight excluding hydrogens is 190 g/mol. The van der Waals surface area contributed by atoms with E-state index in [1.54, 1.807) is 6.20 Å². The maximum atomic E-state index is 4.29. The van der Waals surface area contributed by atoms with Crippen LogP contribution in [0.5, 0.6) is 0 Å². The zero-order valence-corrected chi connectivity index (χ0v) is 9.62. The Bertz CT molecular complexity index is 287. The smallest absolute Gasteiger partial charge is 0.244 e. The summed E-state index contributed by atoms with van der Waals surface area (Å²) in [4.78, 5) is 4.29. The second-order valence-electron chi connectivity index (χ2n) is 3.87. The van der Waals surface area contributed by atoms with Gasteiger partial charge in [-0.1, -0.05) is 20.8 Å². The second-order valence-corrected chi connectivity index (χ2v) is 3.87. The standard InChI is InChI=1S/C10H19N5/c1-4-5-11-10-14-9(7-13-15-10)12-6-8(2)3/h7-8H,4-6H2,1-3H3,(H2,11,12,14,15). The Morgan fingerprint density at radius 3 is 2.80 bits per heavy atom. The molecule has 0 amide bonds. The Balaban J connectivity index is 2.50. The van der Waals surface area contributed by atoms with Crippen molar-refractivity contribution in [3.05, 3.63) is 6.20 Å². The minimum absolute atomic E-state index is 0.589. The van der Waals surface area contributed by atoms with Crippen molar-refractivity contribution in [3.8, 4) is 0 Å². The zero-order chi connectivity index (χ0) is 11.1. The fraction of sp³-hybridized carbons (Fsp3) is 0.700. The van der Waals surface area contributed by atoms with Gasteiger partial charge in [0, 0.05) is 13.1 Å². The van der Waals surface area contributed by atoms with Crippen molar-refractivity contribution in [2.45, 2.75) is 27.2 Å². The Labute approximate surface area is 90.7 Å². The van der Waals surface area contributed by atoms with Crippen LogP contribution in [0, 0.1) is 5.92 Å². The van der Waals surface area contributed by atoms with E-state index in [4.69, 9.17) is 0 Å². The lowest BCUT2D eigenvalue weighted by atomic mass is 10.2. The van der Waals surface area contributed by atoms with Gasteiger partial charge in [-0.05, 0) is 12.3 Å². The van der Waals surface area contributed by atoms with Gasteiger partial charge in [-0.3, -0.25) is 0 Å². The fourth-order valence-electron chi connectivity index (χ4n) is 1.01. The van der Waals surface area contributed by atoms with Gasteiger partial charge in [0.15, 0.2) is 5.82 Å². The van der Waals surface area contributed by atoms with E-state index in [9.17, 15) is 0 Å². The molecule has 0 saturated carbocycles. The molecule has 0 fully saturated rings. The first-order chi connectivity index (χ1) is 7.22. The number of aromatic nitrogens is 3. The maximum absolute atomic E-state index is 4.29. The molecule has 2 N–H and O–H groups in total. The number of hydrogen-bond donors (Lipinski definition) is 2. The summed E-state index contributed by atoms with van der Waals surface area (Å²) in [6, 6.07) is 0. The van der Waals surface area contributed by atoms with Gasteiger partial charge >= 0.3 is 0 Å². The average Bonchev–Trinajstić information content (AvgIpc) is 2.24. The molecule has 1 rings (SSSR count). The van der Waals surface area contributed by atoms with Gasteiger partial charge in [0.2, 0.25) is 5.95 Å². The topological polar surface area (TPSA) is 62.7 Å². The molecule has 5 nitrogen and oxygen atoms in total. The highest BCUT2D eigenvalue weighted by Crippen LogP contribution is 2.04. The fourth-order valence-corrected chi connectivity index (χ4v) is 1.01.